The lowest BCUT2D eigenvalue weighted by Gasteiger charge is -2.30. The number of ether oxygens (including phenoxy) is 1. The minimum Gasteiger partial charge on any atom is -0.381 e. The minimum atomic E-state index is -1.49. The monoisotopic (exact) mass is 410 g/mol. The molecule has 9 heteroatoms. The highest BCUT2D eigenvalue weighted by Crippen LogP contribution is 2.41. The van der Waals surface area contributed by atoms with Gasteiger partial charge < -0.3 is 4.74 Å². The molecule has 0 bridgehead atoms. The molecule has 0 saturated heterocycles. The number of pyridine rings is 2. The Morgan fingerprint density at radius 3 is 2.93 bits per heavy atom. The van der Waals surface area contributed by atoms with Crippen LogP contribution in [0.4, 0.5) is 8.78 Å². The number of aryl methyl sites for hydroxylation is 1. The smallest absolute Gasteiger partial charge is 0.155 e. The van der Waals surface area contributed by atoms with Crippen LogP contribution in [0.15, 0.2) is 30.6 Å². The number of methoxy groups -OCH3 is 1. The lowest BCUT2D eigenvalue weighted by Crippen LogP contribution is -2.39. The number of alkyl halides is 1. The van der Waals surface area contributed by atoms with Crippen molar-refractivity contribution in [3.63, 3.8) is 0 Å². The molecule has 5 rings (SSSR count). The Morgan fingerprint density at radius 1 is 1.30 bits per heavy atom. The van der Waals surface area contributed by atoms with Gasteiger partial charge >= 0.3 is 0 Å². The summed E-state index contributed by atoms with van der Waals surface area (Å²) in [6.45, 7) is 2.00. The van der Waals surface area contributed by atoms with Crippen LogP contribution >= 0.6 is 0 Å². The zero-order valence-corrected chi connectivity index (χ0v) is 16.6. The van der Waals surface area contributed by atoms with E-state index in [-0.39, 0.29) is 13.2 Å². The largest absolute Gasteiger partial charge is 0.381 e. The van der Waals surface area contributed by atoms with Crippen molar-refractivity contribution in [2.24, 2.45) is 0 Å². The van der Waals surface area contributed by atoms with Crippen molar-refractivity contribution in [1.29, 1.82) is 0 Å². The number of aromatic amines is 1. The fraction of sp³-hybridized carbons (Fsp3) is 0.333. The van der Waals surface area contributed by atoms with Crippen molar-refractivity contribution in [2.45, 2.75) is 32.0 Å². The standard InChI is InChI=1S/C21H20F2N6O/c1-12-7-14(15-9-25-27-20(15)26-12)18-17-5-6-21(23,11-30-2)10-29(17)28-19(18)16-4-3-13(22)8-24-16/h3-4,7-9H,5-6,10-11H2,1-2H3,(H,25,26,27)/t21-/m0/s1. The van der Waals surface area contributed by atoms with Crippen LogP contribution in [0.25, 0.3) is 33.5 Å². The zero-order chi connectivity index (χ0) is 20.9. The van der Waals surface area contributed by atoms with E-state index in [9.17, 15) is 4.39 Å². The van der Waals surface area contributed by atoms with E-state index in [1.165, 1.54) is 13.2 Å². The van der Waals surface area contributed by atoms with Gasteiger partial charge in [0.2, 0.25) is 0 Å². The molecule has 1 N–H and O–H groups in total. The number of hydrogen-bond acceptors (Lipinski definition) is 5. The van der Waals surface area contributed by atoms with E-state index in [0.29, 0.717) is 29.9 Å². The molecule has 154 valence electrons. The van der Waals surface area contributed by atoms with E-state index in [2.05, 4.69) is 20.2 Å². The molecule has 0 unspecified atom stereocenters. The third-order valence-electron chi connectivity index (χ3n) is 5.49. The van der Waals surface area contributed by atoms with Crippen molar-refractivity contribution in [3.8, 4) is 22.5 Å². The van der Waals surface area contributed by atoms with Crippen molar-refractivity contribution < 1.29 is 13.5 Å². The van der Waals surface area contributed by atoms with Gasteiger partial charge in [-0.05, 0) is 38.0 Å². The minimum absolute atomic E-state index is 0.00606. The summed E-state index contributed by atoms with van der Waals surface area (Å²) in [4.78, 5) is 8.73. The van der Waals surface area contributed by atoms with Gasteiger partial charge in [0.25, 0.3) is 0 Å². The number of hydrogen-bond donors (Lipinski definition) is 1. The van der Waals surface area contributed by atoms with Crippen LogP contribution in [0, 0.1) is 12.7 Å². The Kier molecular flexibility index (Phi) is 4.35. The first kappa shape index (κ1) is 18.8. The number of nitrogens with zero attached hydrogens (tertiary/aromatic N) is 5. The molecule has 0 amide bonds. The first-order chi connectivity index (χ1) is 14.5. The van der Waals surface area contributed by atoms with E-state index in [1.54, 1.807) is 16.9 Å². The van der Waals surface area contributed by atoms with Crippen LogP contribution in [0.5, 0.6) is 0 Å². The third kappa shape index (κ3) is 3.06. The molecule has 0 spiro atoms. The van der Waals surface area contributed by atoms with Gasteiger partial charge in [0.15, 0.2) is 11.3 Å². The lowest BCUT2D eigenvalue weighted by atomic mass is 9.91. The molecule has 1 atom stereocenters. The molecule has 4 aromatic rings. The van der Waals surface area contributed by atoms with Gasteiger partial charge in [-0.3, -0.25) is 14.8 Å². The van der Waals surface area contributed by atoms with E-state index in [4.69, 9.17) is 9.84 Å². The zero-order valence-electron chi connectivity index (χ0n) is 16.6. The van der Waals surface area contributed by atoms with Crippen molar-refractivity contribution in [2.75, 3.05) is 13.7 Å². The second kappa shape index (κ2) is 6.94. The molecule has 0 saturated carbocycles. The van der Waals surface area contributed by atoms with Gasteiger partial charge in [-0.1, -0.05) is 0 Å². The molecule has 0 aromatic carbocycles. The summed E-state index contributed by atoms with van der Waals surface area (Å²) in [5.41, 5.74) is 3.76. The maximum atomic E-state index is 15.2. The summed E-state index contributed by atoms with van der Waals surface area (Å²) in [5, 5.41) is 12.6. The topological polar surface area (TPSA) is 81.5 Å². The Hall–Kier alpha value is -3.20. The SMILES string of the molecule is COC[C@]1(F)CCc2c(-c3cc(C)nc4[nH]ncc34)c(-c3ccc(F)cn3)nn2C1. The fourth-order valence-corrected chi connectivity index (χ4v) is 4.19. The number of rotatable bonds is 4. The van der Waals surface area contributed by atoms with Gasteiger partial charge in [0.05, 0.1) is 31.2 Å². The normalized spacial score (nSPS) is 18.7. The Morgan fingerprint density at radius 2 is 2.17 bits per heavy atom. The van der Waals surface area contributed by atoms with Gasteiger partial charge in [-0.15, -0.1) is 0 Å². The predicted molar refractivity (Wildman–Crippen MR) is 107 cm³/mol. The highest BCUT2D eigenvalue weighted by Gasteiger charge is 2.38. The van der Waals surface area contributed by atoms with Gasteiger partial charge in [0.1, 0.15) is 11.5 Å². The highest BCUT2D eigenvalue weighted by molar-refractivity contribution is 5.97. The van der Waals surface area contributed by atoms with Crippen LogP contribution in [0.2, 0.25) is 0 Å². The average Bonchev–Trinajstić information content (AvgIpc) is 3.32. The van der Waals surface area contributed by atoms with Crippen LogP contribution in [0.3, 0.4) is 0 Å². The summed E-state index contributed by atoms with van der Waals surface area (Å²) < 4.78 is 35.5. The van der Waals surface area contributed by atoms with Crippen molar-refractivity contribution >= 4 is 11.0 Å². The molecule has 0 aliphatic carbocycles. The van der Waals surface area contributed by atoms with E-state index in [1.807, 2.05) is 13.0 Å². The number of fused-ring (bicyclic) bond motifs is 2. The molecule has 30 heavy (non-hydrogen) atoms. The lowest BCUT2D eigenvalue weighted by molar-refractivity contribution is 0.0100. The van der Waals surface area contributed by atoms with Gasteiger partial charge in [-0.25, -0.2) is 13.8 Å². The molecule has 4 aromatic heterocycles. The summed E-state index contributed by atoms with van der Waals surface area (Å²) in [7, 11) is 1.49. The van der Waals surface area contributed by atoms with Gasteiger partial charge in [0, 0.05) is 35.0 Å². The summed E-state index contributed by atoms with van der Waals surface area (Å²) in [6.07, 6.45) is 3.70. The number of nitrogens with one attached hydrogen (secondary N) is 1. The van der Waals surface area contributed by atoms with E-state index in [0.717, 1.165) is 34.1 Å². The fourth-order valence-electron chi connectivity index (χ4n) is 4.19. The highest BCUT2D eigenvalue weighted by atomic mass is 19.1. The summed E-state index contributed by atoms with van der Waals surface area (Å²) >= 11 is 0. The maximum absolute atomic E-state index is 15.2. The maximum Gasteiger partial charge on any atom is 0.155 e. The quantitative estimate of drug-likeness (QED) is 0.556. The summed E-state index contributed by atoms with van der Waals surface area (Å²) in [6, 6.07) is 4.90. The number of aromatic nitrogens is 6. The number of halogens is 2. The van der Waals surface area contributed by atoms with Crippen LogP contribution < -0.4 is 0 Å². The molecular weight excluding hydrogens is 390 g/mol. The first-order valence-corrected chi connectivity index (χ1v) is 9.68. The molecule has 1 aliphatic heterocycles. The second-order valence-electron chi connectivity index (χ2n) is 7.72. The van der Waals surface area contributed by atoms with Crippen molar-refractivity contribution in [1.82, 2.24) is 29.9 Å². The Balaban J connectivity index is 1.76. The van der Waals surface area contributed by atoms with E-state index >= 15 is 4.39 Å². The Labute approximate surface area is 171 Å². The summed E-state index contributed by atoms with van der Waals surface area (Å²) in [5.74, 6) is -0.427. The van der Waals surface area contributed by atoms with Crippen molar-refractivity contribution in [3.05, 3.63) is 47.8 Å². The predicted octanol–water partition coefficient (Wildman–Crippen LogP) is 3.63. The third-order valence-corrected chi connectivity index (χ3v) is 5.49. The molecule has 7 nitrogen and oxygen atoms in total. The molecule has 0 radical (unpaired) electrons. The van der Waals surface area contributed by atoms with Crippen LogP contribution in [-0.2, 0) is 17.7 Å². The van der Waals surface area contributed by atoms with Crippen LogP contribution in [0.1, 0.15) is 17.8 Å². The molecule has 5 heterocycles. The number of H-pyrrole nitrogens is 1. The van der Waals surface area contributed by atoms with Gasteiger partial charge in [-0.2, -0.15) is 10.2 Å². The van der Waals surface area contributed by atoms with E-state index < -0.39 is 11.5 Å². The van der Waals surface area contributed by atoms with Crippen LogP contribution in [-0.4, -0.2) is 49.3 Å². The molecule has 1 aliphatic rings. The Bertz CT molecular complexity index is 1230. The molecular formula is C21H20F2N6O. The molecule has 0 fully saturated rings. The second-order valence-corrected chi connectivity index (χ2v) is 7.72. The average molecular weight is 410 g/mol. The first-order valence-electron chi connectivity index (χ1n) is 9.68.